The van der Waals surface area contributed by atoms with Gasteiger partial charge in [-0.2, -0.15) is 0 Å². The van der Waals surface area contributed by atoms with E-state index in [0.29, 0.717) is 23.5 Å². The van der Waals surface area contributed by atoms with Crippen molar-refractivity contribution >= 4 is 23.7 Å². The van der Waals surface area contributed by atoms with Crippen LogP contribution in [0.5, 0.6) is 5.75 Å². The molecule has 0 saturated heterocycles. The Kier molecular flexibility index (Phi) is 8.92. The van der Waals surface area contributed by atoms with Gasteiger partial charge in [-0.15, -0.1) is 11.8 Å². The van der Waals surface area contributed by atoms with Gasteiger partial charge in [0, 0.05) is 4.90 Å². The van der Waals surface area contributed by atoms with Gasteiger partial charge < -0.3 is 9.47 Å². The Morgan fingerprint density at radius 1 is 0.852 bits per heavy atom. The maximum atomic E-state index is 12.3. The average Bonchev–Trinajstić information content (AvgIpc) is 2.71. The van der Waals surface area contributed by atoms with E-state index in [0.717, 1.165) is 17.7 Å². The summed E-state index contributed by atoms with van der Waals surface area (Å²) in [4.78, 5) is 25.3. The molecule has 0 bridgehead atoms. The monoisotopic (exact) mass is 386 g/mol. The van der Waals surface area contributed by atoms with Crippen molar-refractivity contribution in [2.75, 3.05) is 12.9 Å². The van der Waals surface area contributed by atoms with E-state index in [1.165, 1.54) is 31.0 Å². The number of ether oxygens (including phenoxy) is 2. The van der Waals surface area contributed by atoms with E-state index >= 15 is 0 Å². The zero-order valence-corrected chi connectivity index (χ0v) is 16.7. The van der Waals surface area contributed by atoms with Gasteiger partial charge in [-0.05, 0) is 49.1 Å². The van der Waals surface area contributed by atoms with E-state index in [2.05, 4.69) is 6.92 Å². The van der Waals surface area contributed by atoms with Crippen molar-refractivity contribution in [1.82, 2.24) is 0 Å². The molecule has 0 saturated carbocycles. The number of esters is 2. The third kappa shape index (κ3) is 6.75. The van der Waals surface area contributed by atoms with Crippen molar-refractivity contribution in [3.63, 3.8) is 0 Å². The molecule has 0 heterocycles. The molecule has 0 aromatic heterocycles. The van der Waals surface area contributed by atoms with E-state index < -0.39 is 5.97 Å². The first-order valence-electron chi connectivity index (χ1n) is 9.28. The molecule has 0 unspecified atom stereocenters. The highest BCUT2D eigenvalue weighted by Crippen LogP contribution is 2.27. The Bertz CT molecular complexity index is 740. The summed E-state index contributed by atoms with van der Waals surface area (Å²) in [6.07, 6.45) is 7.46. The van der Waals surface area contributed by atoms with E-state index in [4.69, 9.17) is 9.47 Å². The van der Waals surface area contributed by atoms with E-state index in [-0.39, 0.29) is 5.97 Å². The summed E-state index contributed by atoms with van der Waals surface area (Å²) >= 11 is 1.51. The van der Waals surface area contributed by atoms with Crippen molar-refractivity contribution in [2.45, 2.75) is 43.9 Å². The van der Waals surface area contributed by atoms with Crippen LogP contribution in [-0.4, -0.2) is 24.8 Å². The summed E-state index contributed by atoms with van der Waals surface area (Å²) in [5.74, 6) is -0.285. The molecule has 2 rings (SSSR count). The second kappa shape index (κ2) is 11.4. The number of para-hydroxylation sites is 1. The number of carbonyl (C=O) groups excluding carboxylic acids is 2. The van der Waals surface area contributed by atoms with Gasteiger partial charge in [-0.1, -0.05) is 44.7 Å². The van der Waals surface area contributed by atoms with Gasteiger partial charge in [-0.25, -0.2) is 9.59 Å². The molecule has 144 valence electrons. The molecular weight excluding hydrogens is 360 g/mol. The minimum atomic E-state index is -0.452. The molecule has 0 N–H and O–H groups in total. The zero-order valence-electron chi connectivity index (χ0n) is 15.9. The highest BCUT2D eigenvalue weighted by atomic mass is 32.2. The van der Waals surface area contributed by atoms with E-state index in [9.17, 15) is 9.59 Å². The first-order valence-corrected chi connectivity index (χ1v) is 10.5. The average molecular weight is 387 g/mol. The number of carbonyl (C=O) groups is 2. The van der Waals surface area contributed by atoms with Gasteiger partial charge in [0.1, 0.15) is 5.75 Å². The lowest BCUT2D eigenvalue weighted by Gasteiger charge is -2.09. The molecule has 2 aromatic rings. The predicted octanol–water partition coefficient (Wildman–Crippen LogP) is 5.75. The van der Waals surface area contributed by atoms with Crippen molar-refractivity contribution in [2.24, 2.45) is 0 Å². The number of hydrogen-bond acceptors (Lipinski definition) is 5. The normalized spacial score (nSPS) is 10.4. The first-order chi connectivity index (χ1) is 13.2. The highest BCUT2D eigenvalue weighted by Gasteiger charge is 2.13. The molecule has 2 aromatic carbocycles. The molecule has 4 nitrogen and oxygen atoms in total. The summed E-state index contributed by atoms with van der Waals surface area (Å²) in [5.41, 5.74) is 0.826. The zero-order chi connectivity index (χ0) is 19.5. The van der Waals surface area contributed by atoms with Crippen LogP contribution in [0.15, 0.2) is 53.4 Å². The van der Waals surface area contributed by atoms with Crippen molar-refractivity contribution in [3.05, 3.63) is 59.7 Å². The number of benzene rings is 2. The fourth-order valence-corrected chi connectivity index (χ4v) is 3.08. The minimum absolute atomic E-state index is 0.363. The van der Waals surface area contributed by atoms with Crippen LogP contribution in [0.1, 0.15) is 59.7 Å². The summed E-state index contributed by atoms with van der Waals surface area (Å²) < 4.78 is 10.7. The van der Waals surface area contributed by atoms with Gasteiger partial charge in [0.25, 0.3) is 0 Å². The van der Waals surface area contributed by atoms with Gasteiger partial charge >= 0.3 is 11.9 Å². The molecule has 5 heteroatoms. The lowest BCUT2D eigenvalue weighted by Crippen LogP contribution is -2.10. The maximum Gasteiger partial charge on any atom is 0.343 e. The van der Waals surface area contributed by atoms with Crippen LogP contribution in [0.3, 0.4) is 0 Å². The van der Waals surface area contributed by atoms with Gasteiger partial charge in [0.05, 0.1) is 17.7 Å². The topological polar surface area (TPSA) is 52.6 Å². The number of thioether (sulfide) groups is 1. The lowest BCUT2D eigenvalue weighted by molar-refractivity contribution is 0.0497. The largest absolute Gasteiger partial charge is 0.462 e. The fraction of sp³-hybridized carbons (Fsp3) is 0.364. The smallest absolute Gasteiger partial charge is 0.343 e. The molecule has 0 atom stereocenters. The summed E-state index contributed by atoms with van der Waals surface area (Å²) in [6.45, 7) is 2.60. The van der Waals surface area contributed by atoms with Crippen LogP contribution in [0.2, 0.25) is 0 Å². The predicted molar refractivity (Wildman–Crippen MR) is 109 cm³/mol. The van der Waals surface area contributed by atoms with Crippen LogP contribution < -0.4 is 4.74 Å². The van der Waals surface area contributed by atoms with E-state index in [1.807, 2.05) is 24.5 Å². The third-order valence-corrected chi connectivity index (χ3v) is 4.89. The lowest BCUT2D eigenvalue weighted by atomic mass is 10.1. The number of rotatable bonds is 10. The second-order valence-electron chi connectivity index (χ2n) is 6.17. The highest BCUT2D eigenvalue weighted by molar-refractivity contribution is 7.98. The standard InChI is InChI=1S/C22H26O4S/c1-3-4-5-6-9-16-25-21(23)17-12-14-18(15-13-17)22(24)26-19-10-7-8-11-20(19)27-2/h7-8,10-15H,3-6,9,16H2,1-2H3. The third-order valence-electron chi connectivity index (χ3n) is 4.11. The van der Waals surface area contributed by atoms with Crippen LogP contribution in [-0.2, 0) is 4.74 Å². The molecule has 0 amide bonds. The molecular formula is C22H26O4S. The number of hydrogen-bond donors (Lipinski definition) is 0. The Hall–Kier alpha value is -2.27. The van der Waals surface area contributed by atoms with Crippen molar-refractivity contribution in [1.29, 1.82) is 0 Å². The molecule has 0 aliphatic rings. The second-order valence-corrected chi connectivity index (χ2v) is 7.02. The van der Waals surface area contributed by atoms with Crippen LogP contribution in [0.4, 0.5) is 0 Å². The van der Waals surface area contributed by atoms with Crippen LogP contribution >= 0.6 is 11.8 Å². The van der Waals surface area contributed by atoms with Crippen molar-refractivity contribution in [3.8, 4) is 5.75 Å². The molecule has 27 heavy (non-hydrogen) atoms. The van der Waals surface area contributed by atoms with E-state index in [1.54, 1.807) is 30.3 Å². The minimum Gasteiger partial charge on any atom is -0.462 e. The number of unbranched alkanes of at least 4 members (excludes halogenated alkanes) is 4. The SMILES string of the molecule is CCCCCCCOC(=O)c1ccc(C(=O)Oc2ccccc2SC)cc1. The van der Waals surface area contributed by atoms with Crippen molar-refractivity contribution < 1.29 is 19.1 Å². The Balaban J connectivity index is 1.86. The van der Waals surface area contributed by atoms with Gasteiger partial charge in [0.15, 0.2) is 0 Å². The first kappa shape index (κ1) is 21.0. The maximum absolute atomic E-state index is 12.3. The summed E-state index contributed by atoms with van der Waals surface area (Å²) in [5, 5.41) is 0. The molecule has 0 spiro atoms. The van der Waals surface area contributed by atoms with Gasteiger partial charge in [0.2, 0.25) is 0 Å². The van der Waals surface area contributed by atoms with Crippen LogP contribution in [0.25, 0.3) is 0 Å². The summed E-state index contributed by atoms with van der Waals surface area (Å²) in [6, 6.07) is 13.7. The molecule has 0 fully saturated rings. The molecule has 0 aliphatic heterocycles. The summed E-state index contributed by atoms with van der Waals surface area (Å²) in [7, 11) is 0. The quantitative estimate of drug-likeness (QED) is 0.225. The molecule has 0 radical (unpaired) electrons. The Morgan fingerprint density at radius 2 is 1.48 bits per heavy atom. The van der Waals surface area contributed by atoms with Crippen LogP contribution in [0, 0.1) is 0 Å². The Labute approximate surface area is 165 Å². The van der Waals surface area contributed by atoms with Gasteiger partial charge in [-0.3, -0.25) is 0 Å². The Morgan fingerprint density at radius 3 is 2.15 bits per heavy atom. The molecule has 0 aliphatic carbocycles. The fourth-order valence-electron chi connectivity index (χ4n) is 2.56.